The van der Waals surface area contributed by atoms with Crippen molar-refractivity contribution in [3.8, 4) is 5.82 Å². The first-order valence-electron chi connectivity index (χ1n) is 7.26. The first kappa shape index (κ1) is 12.8. The van der Waals surface area contributed by atoms with E-state index in [1.807, 2.05) is 24.3 Å². The number of rotatable bonds is 2. The molecule has 0 radical (unpaired) electrons. The zero-order valence-electron chi connectivity index (χ0n) is 11.9. The molecular weight excluding hydrogens is 272 g/mol. The van der Waals surface area contributed by atoms with Crippen LogP contribution in [0.1, 0.15) is 21.7 Å². The number of allylic oxidation sites excluding steroid dienone is 3. The normalized spacial score (nSPS) is 13.1. The first-order chi connectivity index (χ1) is 10.9. The fourth-order valence-electron chi connectivity index (χ4n) is 3.01. The van der Waals surface area contributed by atoms with E-state index in [4.69, 9.17) is 0 Å². The zero-order valence-corrected chi connectivity index (χ0v) is 11.9. The number of aromatic nitrogens is 2. The van der Waals surface area contributed by atoms with Crippen LogP contribution in [0.5, 0.6) is 0 Å². The van der Waals surface area contributed by atoms with Gasteiger partial charge in [0.05, 0.1) is 5.52 Å². The van der Waals surface area contributed by atoms with Crippen molar-refractivity contribution in [3.63, 3.8) is 0 Å². The number of hydrogen-bond acceptors (Lipinski definition) is 2. The number of para-hydroxylation sites is 1. The van der Waals surface area contributed by atoms with Gasteiger partial charge in [0.15, 0.2) is 6.29 Å². The van der Waals surface area contributed by atoms with E-state index in [-0.39, 0.29) is 0 Å². The molecule has 3 heteroatoms. The molecule has 0 aliphatic heterocycles. The average molecular weight is 286 g/mol. The second kappa shape index (κ2) is 5.11. The van der Waals surface area contributed by atoms with E-state index >= 15 is 0 Å². The molecular formula is C19H14N2O. The summed E-state index contributed by atoms with van der Waals surface area (Å²) in [5.74, 6) is 0.783. The Labute approximate surface area is 128 Å². The zero-order chi connectivity index (χ0) is 14.9. The molecule has 1 aliphatic carbocycles. The van der Waals surface area contributed by atoms with Crippen LogP contribution in [0, 0.1) is 0 Å². The van der Waals surface area contributed by atoms with Crippen LogP contribution in [-0.2, 0) is 6.42 Å². The van der Waals surface area contributed by atoms with Crippen LogP contribution in [0.2, 0.25) is 0 Å². The summed E-state index contributed by atoms with van der Waals surface area (Å²) in [4.78, 5) is 15.5. The number of carbonyl (C=O) groups excluding carboxylic acids is 1. The van der Waals surface area contributed by atoms with Crippen LogP contribution < -0.4 is 0 Å². The lowest BCUT2D eigenvalue weighted by Crippen LogP contribution is -2.04. The van der Waals surface area contributed by atoms with Crippen molar-refractivity contribution in [2.24, 2.45) is 0 Å². The minimum Gasteiger partial charge on any atom is -0.297 e. The van der Waals surface area contributed by atoms with Crippen LogP contribution in [0.4, 0.5) is 0 Å². The Hall–Kier alpha value is -2.94. The Balaban J connectivity index is 2.08. The summed E-state index contributed by atoms with van der Waals surface area (Å²) in [5.41, 5.74) is 3.98. The third kappa shape index (κ3) is 1.91. The van der Waals surface area contributed by atoms with Crippen molar-refractivity contribution < 1.29 is 4.79 Å². The van der Waals surface area contributed by atoms with Gasteiger partial charge in [-0.2, -0.15) is 0 Å². The quantitative estimate of drug-likeness (QED) is 0.668. The molecule has 0 saturated carbocycles. The smallest absolute Gasteiger partial charge is 0.168 e. The van der Waals surface area contributed by atoms with Crippen LogP contribution in [0.15, 0.2) is 60.7 Å². The van der Waals surface area contributed by atoms with E-state index < -0.39 is 0 Å². The number of benzene rings is 1. The maximum atomic E-state index is 11.0. The van der Waals surface area contributed by atoms with Gasteiger partial charge in [0, 0.05) is 23.1 Å². The highest BCUT2D eigenvalue weighted by Crippen LogP contribution is 2.31. The second-order valence-electron chi connectivity index (χ2n) is 5.24. The Bertz CT molecular complexity index is 932. The van der Waals surface area contributed by atoms with E-state index in [9.17, 15) is 4.79 Å². The molecule has 0 spiro atoms. The van der Waals surface area contributed by atoms with Crippen LogP contribution >= 0.6 is 0 Å². The molecule has 4 rings (SSSR count). The van der Waals surface area contributed by atoms with Crippen LogP contribution in [0.25, 0.3) is 22.8 Å². The molecule has 106 valence electrons. The minimum absolute atomic E-state index is 0.448. The lowest BCUT2D eigenvalue weighted by atomic mass is 10.1. The van der Waals surface area contributed by atoms with Gasteiger partial charge in [-0.25, -0.2) is 4.98 Å². The summed E-state index contributed by atoms with van der Waals surface area (Å²) in [6.45, 7) is 0. The highest BCUT2D eigenvalue weighted by atomic mass is 16.1. The van der Waals surface area contributed by atoms with Gasteiger partial charge in [-0.05, 0) is 18.2 Å². The van der Waals surface area contributed by atoms with E-state index in [0.717, 1.165) is 24.0 Å². The second-order valence-corrected chi connectivity index (χ2v) is 5.24. The number of aldehydes is 1. The fourth-order valence-corrected chi connectivity index (χ4v) is 3.01. The average Bonchev–Trinajstić information content (AvgIpc) is 2.72. The SMILES string of the molecule is O=Cc1cccc(-n2c3c(c4ccccc42)C=CC=CC3)n1. The molecule has 0 atom stereocenters. The molecule has 1 aromatic carbocycles. The van der Waals surface area contributed by atoms with Crippen molar-refractivity contribution in [2.75, 3.05) is 0 Å². The topological polar surface area (TPSA) is 34.9 Å². The summed E-state index contributed by atoms with van der Waals surface area (Å²) in [5, 5.41) is 1.20. The number of carbonyl (C=O) groups is 1. The monoisotopic (exact) mass is 286 g/mol. The van der Waals surface area contributed by atoms with E-state index in [1.54, 1.807) is 6.07 Å². The van der Waals surface area contributed by atoms with Gasteiger partial charge < -0.3 is 0 Å². The van der Waals surface area contributed by atoms with Crippen molar-refractivity contribution in [2.45, 2.75) is 6.42 Å². The fraction of sp³-hybridized carbons (Fsp3) is 0.0526. The molecule has 0 fully saturated rings. The third-order valence-electron chi connectivity index (χ3n) is 3.94. The van der Waals surface area contributed by atoms with Crippen LogP contribution in [0.3, 0.4) is 0 Å². The molecule has 3 aromatic rings. The largest absolute Gasteiger partial charge is 0.297 e. The Morgan fingerprint density at radius 1 is 1.05 bits per heavy atom. The lowest BCUT2D eigenvalue weighted by Gasteiger charge is -2.09. The van der Waals surface area contributed by atoms with Gasteiger partial charge in [-0.15, -0.1) is 0 Å². The predicted molar refractivity (Wildman–Crippen MR) is 88.3 cm³/mol. The molecule has 0 unspecified atom stereocenters. The standard InChI is InChI=1S/C19H14N2O/c22-13-14-7-6-12-19(20-14)21-17-10-3-1-2-8-15(17)16-9-4-5-11-18(16)21/h1-9,11-13H,10H2. The van der Waals surface area contributed by atoms with Gasteiger partial charge in [0.25, 0.3) is 0 Å². The number of hydrogen-bond donors (Lipinski definition) is 0. The maximum absolute atomic E-state index is 11.0. The molecule has 0 saturated heterocycles. The Morgan fingerprint density at radius 3 is 2.86 bits per heavy atom. The number of nitrogens with zero attached hydrogens (tertiary/aromatic N) is 2. The van der Waals surface area contributed by atoms with Crippen molar-refractivity contribution in [3.05, 3.63) is 77.6 Å². The van der Waals surface area contributed by atoms with Gasteiger partial charge in [-0.3, -0.25) is 9.36 Å². The Morgan fingerprint density at radius 2 is 1.95 bits per heavy atom. The van der Waals surface area contributed by atoms with Crippen molar-refractivity contribution >= 4 is 23.3 Å². The molecule has 0 bridgehead atoms. The first-order valence-corrected chi connectivity index (χ1v) is 7.26. The summed E-state index contributed by atoms with van der Waals surface area (Å²) < 4.78 is 2.15. The summed E-state index contributed by atoms with van der Waals surface area (Å²) in [6.07, 6.45) is 10.0. The Kier molecular flexibility index (Phi) is 2.97. The number of pyridine rings is 1. The predicted octanol–water partition coefficient (Wildman–Crippen LogP) is 3.96. The van der Waals surface area contributed by atoms with Gasteiger partial charge in [-0.1, -0.05) is 48.6 Å². The molecule has 2 heterocycles. The van der Waals surface area contributed by atoms with E-state index in [2.05, 4.69) is 46.0 Å². The molecule has 0 amide bonds. The van der Waals surface area contributed by atoms with Gasteiger partial charge in [0.1, 0.15) is 11.5 Å². The summed E-state index contributed by atoms with van der Waals surface area (Å²) in [6, 6.07) is 13.8. The lowest BCUT2D eigenvalue weighted by molar-refractivity contribution is 0.111. The molecule has 3 nitrogen and oxygen atoms in total. The molecule has 1 aliphatic rings. The summed E-state index contributed by atoms with van der Waals surface area (Å²) >= 11 is 0. The number of fused-ring (bicyclic) bond motifs is 3. The third-order valence-corrected chi connectivity index (χ3v) is 3.94. The molecule has 2 aromatic heterocycles. The summed E-state index contributed by atoms with van der Waals surface area (Å²) in [7, 11) is 0. The highest BCUT2D eigenvalue weighted by molar-refractivity contribution is 5.93. The maximum Gasteiger partial charge on any atom is 0.168 e. The van der Waals surface area contributed by atoms with Crippen LogP contribution in [-0.4, -0.2) is 15.8 Å². The van der Waals surface area contributed by atoms with Gasteiger partial charge >= 0.3 is 0 Å². The molecule has 0 N–H and O–H groups in total. The van der Waals surface area contributed by atoms with Crippen molar-refractivity contribution in [1.29, 1.82) is 0 Å². The van der Waals surface area contributed by atoms with E-state index in [1.165, 1.54) is 16.6 Å². The minimum atomic E-state index is 0.448. The molecule has 22 heavy (non-hydrogen) atoms. The highest BCUT2D eigenvalue weighted by Gasteiger charge is 2.17. The van der Waals surface area contributed by atoms with Gasteiger partial charge in [0.2, 0.25) is 0 Å². The van der Waals surface area contributed by atoms with E-state index in [0.29, 0.717) is 5.69 Å². The van der Waals surface area contributed by atoms with Crippen molar-refractivity contribution in [1.82, 2.24) is 9.55 Å².